The van der Waals surface area contributed by atoms with Gasteiger partial charge in [0.25, 0.3) is 0 Å². The normalized spacial score (nSPS) is 10.3. The van der Waals surface area contributed by atoms with Gasteiger partial charge < -0.3 is 4.90 Å². The van der Waals surface area contributed by atoms with Gasteiger partial charge in [0.1, 0.15) is 0 Å². The summed E-state index contributed by atoms with van der Waals surface area (Å²) in [6, 6.07) is 17.2. The van der Waals surface area contributed by atoms with Crippen LogP contribution in [0, 0.1) is 0 Å². The summed E-state index contributed by atoms with van der Waals surface area (Å²) in [7, 11) is 0. The lowest BCUT2D eigenvalue weighted by molar-refractivity contribution is 0.0984. The molecule has 0 spiro atoms. The zero-order valence-electron chi connectivity index (χ0n) is 11.6. The minimum Gasteiger partial charge on any atom is -0.371 e. The van der Waals surface area contributed by atoms with Crippen LogP contribution in [0.15, 0.2) is 54.6 Å². The van der Waals surface area contributed by atoms with Crippen LogP contribution in [-0.2, 0) is 0 Å². The summed E-state index contributed by atoms with van der Waals surface area (Å²) in [4.78, 5) is 14.3. The summed E-state index contributed by atoms with van der Waals surface area (Å²) in [6.45, 7) is 3.71. The maximum absolute atomic E-state index is 12.1. The molecule has 3 heteroatoms. The Kier molecular flexibility index (Phi) is 5.19. The first-order valence-corrected chi connectivity index (χ1v) is 7.17. The molecule has 104 valence electrons. The van der Waals surface area contributed by atoms with Crippen LogP contribution in [0.5, 0.6) is 0 Å². The van der Waals surface area contributed by atoms with Crippen molar-refractivity contribution in [2.75, 3.05) is 18.0 Å². The van der Waals surface area contributed by atoms with Crippen LogP contribution in [0.2, 0.25) is 5.02 Å². The van der Waals surface area contributed by atoms with Crippen molar-refractivity contribution in [3.63, 3.8) is 0 Å². The highest BCUT2D eigenvalue weighted by atomic mass is 35.5. The molecule has 0 unspecified atom stereocenters. The number of nitrogens with zero attached hydrogens (tertiary/aromatic N) is 1. The summed E-state index contributed by atoms with van der Waals surface area (Å²) in [5.74, 6) is 0.149. The molecule has 2 aromatic carbocycles. The summed E-state index contributed by atoms with van der Waals surface area (Å²) >= 11 is 5.83. The van der Waals surface area contributed by atoms with Crippen molar-refractivity contribution >= 4 is 23.1 Å². The van der Waals surface area contributed by atoms with E-state index in [1.165, 1.54) is 0 Å². The number of halogens is 1. The van der Waals surface area contributed by atoms with Gasteiger partial charge in [0.05, 0.1) is 0 Å². The van der Waals surface area contributed by atoms with E-state index in [9.17, 15) is 4.79 Å². The van der Waals surface area contributed by atoms with Crippen molar-refractivity contribution < 1.29 is 4.79 Å². The number of benzene rings is 2. The molecular formula is C17H18ClNO. The Hall–Kier alpha value is -1.80. The lowest BCUT2D eigenvalue weighted by Gasteiger charge is -2.22. The first-order valence-electron chi connectivity index (χ1n) is 6.79. The van der Waals surface area contributed by atoms with Gasteiger partial charge in [-0.25, -0.2) is 0 Å². The second kappa shape index (κ2) is 7.11. The van der Waals surface area contributed by atoms with E-state index in [0.717, 1.165) is 24.3 Å². The number of Topliss-reactive ketones (excluding diaryl/α,β-unsaturated/α-hetero) is 1. The van der Waals surface area contributed by atoms with Crippen LogP contribution in [0.25, 0.3) is 0 Å². The zero-order chi connectivity index (χ0) is 14.4. The minimum atomic E-state index is 0.149. The van der Waals surface area contributed by atoms with Gasteiger partial charge in [0.15, 0.2) is 5.78 Å². The van der Waals surface area contributed by atoms with Gasteiger partial charge in [-0.05, 0) is 43.3 Å². The standard InChI is InChI=1S/C17H18ClNO/c1-2-19(16-6-4-3-5-7-16)13-12-17(20)14-8-10-15(18)11-9-14/h3-11H,2,12-13H2,1H3. The molecule has 2 nitrogen and oxygen atoms in total. The monoisotopic (exact) mass is 287 g/mol. The molecule has 0 aliphatic heterocycles. The van der Waals surface area contributed by atoms with E-state index in [4.69, 9.17) is 11.6 Å². The van der Waals surface area contributed by atoms with E-state index in [1.807, 2.05) is 18.2 Å². The Bertz CT molecular complexity index is 551. The van der Waals surface area contributed by atoms with E-state index in [2.05, 4.69) is 24.0 Å². The number of carbonyl (C=O) groups is 1. The van der Waals surface area contributed by atoms with E-state index in [1.54, 1.807) is 24.3 Å². The SMILES string of the molecule is CCN(CCC(=O)c1ccc(Cl)cc1)c1ccccc1. The van der Waals surface area contributed by atoms with Gasteiger partial charge in [-0.3, -0.25) is 4.79 Å². The van der Waals surface area contributed by atoms with Crippen LogP contribution in [0.1, 0.15) is 23.7 Å². The first kappa shape index (κ1) is 14.6. The first-order chi connectivity index (χ1) is 9.70. The van der Waals surface area contributed by atoms with Crippen molar-refractivity contribution in [1.29, 1.82) is 0 Å². The van der Waals surface area contributed by atoms with Crippen molar-refractivity contribution in [3.05, 3.63) is 65.2 Å². The summed E-state index contributed by atoms with van der Waals surface area (Å²) in [6.07, 6.45) is 0.504. The topological polar surface area (TPSA) is 20.3 Å². The van der Waals surface area contributed by atoms with Gasteiger partial charge in [-0.15, -0.1) is 0 Å². The average molecular weight is 288 g/mol. The molecule has 0 saturated heterocycles. The summed E-state index contributed by atoms with van der Waals surface area (Å²) in [5, 5.41) is 0.654. The Morgan fingerprint density at radius 3 is 2.30 bits per heavy atom. The third-order valence-corrected chi connectivity index (χ3v) is 3.53. The average Bonchev–Trinajstić information content (AvgIpc) is 2.49. The van der Waals surface area contributed by atoms with Crippen LogP contribution in [0.3, 0.4) is 0 Å². The van der Waals surface area contributed by atoms with Crippen molar-refractivity contribution in [1.82, 2.24) is 0 Å². The Balaban J connectivity index is 1.96. The maximum atomic E-state index is 12.1. The molecule has 0 radical (unpaired) electrons. The third kappa shape index (κ3) is 3.84. The lowest BCUT2D eigenvalue weighted by atomic mass is 10.1. The molecule has 0 aliphatic rings. The number of ketones is 1. The molecule has 0 N–H and O–H groups in total. The molecule has 0 amide bonds. The minimum absolute atomic E-state index is 0.149. The number of carbonyl (C=O) groups excluding carboxylic acids is 1. The Morgan fingerprint density at radius 2 is 1.70 bits per heavy atom. The van der Waals surface area contributed by atoms with Gasteiger partial charge >= 0.3 is 0 Å². The molecule has 0 heterocycles. The smallest absolute Gasteiger partial charge is 0.164 e. The fourth-order valence-electron chi connectivity index (χ4n) is 2.13. The highest BCUT2D eigenvalue weighted by Gasteiger charge is 2.09. The maximum Gasteiger partial charge on any atom is 0.164 e. The van der Waals surface area contributed by atoms with Crippen molar-refractivity contribution in [2.45, 2.75) is 13.3 Å². The van der Waals surface area contributed by atoms with Gasteiger partial charge in [-0.1, -0.05) is 29.8 Å². The van der Waals surface area contributed by atoms with Gasteiger partial charge in [0.2, 0.25) is 0 Å². The predicted octanol–water partition coefficient (Wildman–Crippen LogP) is 4.44. The fourth-order valence-corrected chi connectivity index (χ4v) is 2.25. The molecule has 0 bridgehead atoms. The number of hydrogen-bond donors (Lipinski definition) is 0. The number of rotatable bonds is 6. The number of anilines is 1. The molecule has 0 aliphatic carbocycles. The summed E-state index contributed by atoms with van der Waals surface area (Å²) in [5.41, 5.74) is 1.87. The van der Waals surface area contributed by atoms with Crippen LogP contribution >= 0.6 is 11.6 Å². The second-order valence-electron chi connectivity index (χ2n) is 4.60. The second-order valence-corrected chi connectivity index (χ2v) is 5.03. The Morgan fingerprint density at radius 1 is 1.05 bits per heavy atom. The van der Waals surface area contributed by atoms with Crippen molar-refractivity contribution in [3.8, 4) is 0 Å². The lowest BCUT2D eigenvalue weighted by Crippen LogP contribution is -2.25. The van der Waals surface area contributed by atoms with E-state index < -0.39 is 0 Å². The molecule has 2 aromatic rings. The number of hydrogen-bond acceptors (Lipinski definition) is 2. The van der Waals surface area contributed by atoms with Crippen LogP contribution < -0.4 is 4.90 Å². The largest absolute Gasteiger partial charge is 0.371 e. The highest BCUT2D eigenvalue weighted by molar-refractivity contribution is 6.30. The third-order valence-electron chi connectivity index (χ3n) is 3.28. The highest BCUT2D eigenvalue weighted by Crippen LogP contribution is 2.15. The molecule has 0 atom stereocenters. The Labute approximate surface area is 125 Å². The summed E-state index contributed by atoms with van der Waals surface area (Å²) < 4.78 is 0. The quantitative estimate of drug-likeness (QED) is 0.732. The zero-order valence-corrected chi connectivity index (χ0v) is 12.3. The van der Waals surface area contributed by atoms with E-state index in [0.29, 0.717) is 11.4 Å². The molecular weight excluding hydrogens is 270 g/mol. The molecule has 0 saturated carbocycles. The molecule has 20 heavy (non-hydrogen) atoms. The van der Waals surface area contributed by atoms with Crippen LogP contribution in [-0.4, -0.2) is 18.9 Å². The molecule has 2 rings (SSSR count). The van der Waals surface area contributed by atoms with Gasteiger partial charge in [-0.2, -0.15) is 0 Å². The predicted molar refractivity (Wildman–Crippen MR) is 84.7 cm³/mol. The van der Waals surface area contributed by atoms with E-state index >= 15 is 0 Å². The number of para-hydroxylation sites is 1. The van der Waals surface area contributed by atoms with Gasteiger partial charge in [0, 0.05) is 35.8 Å². The molecule has 0 aromatic heterocycles. The van der Waals surface area contributed by atoms with Crippen molar-refractivity contribution in [2.24, 2.45) is 0 Å². The van der Waals surface area contributed by atoms with E-state index in [-0.39, 0.29) is 5.78 Å². The fraction of sp³-hybridized carbons (Fsp3) is 0.235. The molecule has 0 fully saturated rings. The van der Waals surface area contributed by atoms with Crippen LogP contribution in [0.4, 0.5) is 5.69 Å².